The summed E-state index contributed by atoms with van der Waals surface area (Å²) in [5.74, 6) is 0.533. The third-order valence-corrected chi connectivity index (χ3v) is 5.84. The van der Waals surface area contributed by atoms with Gasteiger partial charge in [0, 0.05) is 13.1 Å². The highest BCUT2D eigenvalue weighted by Gasteiger charge is 2.43. The van der Waals surface area contributed by atoms with E-state index in [1.54, 1.807) is 0 Å². The van der Waals surface area contributed by atoms with Gasteiger partial charge >= 0.3 is 0 Å². The molecule has 4 nitrogen and oxygen atoms in total. The second-order valence-corrected chi connectivity index (χ2v) is 8.73. The van der Waals surface area contributed by atoms with E-state index in [4.69, 9.17) is 0 Å². The van der Waals surface area contributed by atoms with Gasteiger partial charge in [-0.1, -0.05) is 55.8 Å². The molecular formula is C25H28N2O2. The van der Waals surface area contributed by atoms with Crippen molar-refractivity contribution in [3.05, 3.63) is 70.9 Å². The van der Waals surface area contributed by atoms with Crippen molar-refractivity contribution in [2.45, 2.75) is 34.1 Å². The molecule has 0 aromatic heterocycles. The number of carbonyl (C=O) groups is 2. The molecule has 1 fully saturated rings. The van der Waals surface area contributed by atoms with Crippen LogP contribution in [0.1, 0.15) is 37.0 Å². The summed E-state index contributed by atoms with van der Waals surface area (Å²) < 4.78 is 0. The third kappa shape index (κ3) is 3.59. The molecule has 0 spiro atoms. The monoisotopic (exact) mass is 388 g/mol. The van der Waals surface area contributed by atoms with Crippen LogP contribution in [0.3, 0.4) is 0 Å². The molecule has 2 aliphatic rings. The Morgan fingerprint density at radius 2 is 1.48 bits per heavy atom. The summed E-state index contributed by atoms with van der Waals surface area (Å²) >= 11 is 0. The van der Waals surface area contributed by atoms with E-state index in [0.717, 1.165) is 36.2 Å². The zero-order chi connectivity index (χ0) is 20.7. The fraction of sp³-hybridized carbons (Fsp3) is 0.360. The Labute approximate surface area is 172 Å². The molecule has 2 atom stereocenters. The lowest BCUT2D eigenvalue weighted by Crippen LogP contribution is -2.42. The van der Waals surface area contributed by atoms with Crippen LogP contribution in [0.5, 0.6) is 0 Å². The number of carbonyl (C=O) groups excluding carboxylic acids is 2. The van der Waals surface area contributed by atoms with Crippen LogP contribution in [0, 0.1) is 25.7 Å². The van der Waals surface area contributed by atoms with Crippen molar-refractivity contribution in [1.82, 2.24) is 4.90 Å². The highest BCUT2D eigenvalue weighted by atomic mass is 16.2. The van der Waals surface area contributed by atoms with Crippen molar-refractivity contribution in [3.63, 3.8) is 0 Å². The van der Waals surface area contributed by atoms with Crippen molar-refractivity contribution >= 4 is 23.1 Å². The molecule has 29 heavy (non-hydrogen) atoms. The molecule has 2 heterocycles. The van der Waals surface area contributed by atoms with Crippen LogP contribution < -0.4 is 4.90 Å². The predicted octanol–water partition coefficient (Wildman–Crippen LogP) is 4.57. The Morgan fingerprint density at radius 1 is 0.828 bits per heavy atom. The van der Waals surface area contributed by atoms with Crippen molar-refractivity contribution < 1.29 is 9.59 Å². The molecule has 4 rings (SSSR count). The zero-order valence-electron chi connectivity index (χ0n) is 17.6. The van der Waals surface area contributed by atoms with Crippen LogP contribution in [-0.4, -0.2) is 29.8 Å². The number of likely N-dealkylation sites (tertiary alicyclic amines) is 1. The second-order valence-electron chi connectivity index (χ2n) is 8.73. The van der Waals surface area contributed by atoms with Crippen LogP contribution in [0.2, 0.25) is 0 Å². The first-order chi connectivity index (χ1) is 13.8. The number of hydrogen-bond donors (Lipinski definition) is 0. The van der Waals surface area contributed by atoms with E-state index in [1.807, 2.05) is 62.4 Å². The van der Waals surface area contributed by atoms with Gasteiger partial charge in [-0.15, -0.1) is 0 Å². The lowest BCUT2D eigenvalue weighted by atomic mass is 9.91. The fourth-order valence-electron chi connectivity index (χ4n) is 4.64. The standard InChI is InChI=1S/C25H28N2O2/c1-16-8-10-20(11-9-16)22-23(26-14-18(3)12-19(4)15-26)25(29)27(24(22)28)21-7-5-6-17(2)13-21/h5-11,13,18-19H,12,14-15H2,1-4H3. The van der Waals surface area contributed by atoms with E-state index in [1.165, 1.54) is 4.90 Å². The summed E-state index contributed by atoms with van der Waals surface area (Å²) in [5, 5.41) is 0. The molecule has 4 heteroatoms. The topological polar surface area (TPSA) is 40.6 Å². The van der Waals surface area contributed by atoms with E-state index < -0.39 is 0 Å². The first-order valence-electron chi connectivity index (χ1n) is 10.4. The zero-order valence-corrected chi connectivity index (χ0v) is 17.6. The summed E-state index contributed by atoms with van der Waals surface area (Å²) in [5.41, 5.74) is 4.68. The number of benzene rings is 2. The Balaban J connectivity index is 1.84. The minimum absolute atomic E-state index is 0.211. The van der Waals surface area contributed by atoms with Crippen LogP contribution in [-0.2, 0) is 9.59 Å². The molecule has 2 aliphatic heterocycles. The molecule has 1 saturated heterocycles. The smallest absolute Gasteiger partial charge is 0.282 e. The SMILES string of the molecule is Cc1ccc(C2=C(N3CC(C)CC(C)C3)C(=O)N(c3cccc(C)c3)C2=O)cc1. The van der Waals surface area contributed by atoms with Crippen LogP contribution in [0.15, 0.2) is 54.2 Å². The molecular weight excluding hydrogens is 360 g/mol. The summed E-state index contributed by atoms with van der Waals surface area (Å²) in [6.45, 7) is 10.0. The summed E-state index contributed by atoms with van der Waals surface area (Å²) in [6, 6.07) is 15.5. The van der Waals surface area contributed by atoms with Crippen molar-refractivity contribution in [3.8, 4) is 0 Å². The molecule has 2 unspecified atom stereocenters. The van der Waals surface area contributed by atoms with Gasteiger partial charge in [0.2, 0.25) is 0 Å². The maximum atomic E-state index is 13.6. The van der Waals surface area contributed by atoms with Crippen LogP contribution >= 0.6 is 0 Å². The Kier molecular flexibility index (Phi) is 5.03. The molecule has 2 aromatic carbocycles. The number of aryl methyl sites for hydroxylation is 2. The van der Waals surface area contributed by atoms with Gasteiger partial charge in [0.15, 0.2) is 0 Å². The first-order valence-corrected chi connectivity index (χ1v) is 10.4. The van der Waals surface area contributed by atoms with Crippen molar-refractivity contribution in [2.24, 2.45) is 11.8 Å². The number of amides is 2. The summed E-state index contributed by atoms with van der Waals surface area (Å²) in [4.78, 5) is 30.6. The number of imide groups is 1. The molecule has 0 radical (unpaired) electrons. The average molecular weight is 389 g/mol. The van der Waals surface area contributed by atoms with Gasteiger partial charge in [-0.2, -0.15) is 0 Å². The molecule has 0 saturated carbocycles. The molecule has 2 amide bonds. The van der Waals surface area contributed by atoms with E-state index in [-0.39, 0.29) is 11.8 Å². The third-order valence-electron chi connectivity index (χ3n) is 5.84. The average Bonchev–Trinajstić information content (AvgIpc) is 2.92. The maximum Gasteiger partial charge on any atom is 0.282 e. The molecule has 2 aromatic rings. The summed E-state index contributed by atoms with van der Waals surface area (Å²) in [6.07, 6.45) is 1.15. The second kappa shape index (κ2) is 7.51. The minimum Gasteiger partial charge on any atom is -0.366 e. The van der Waals surface area contributed by atoms with Gasteiger partial charge in [0.1, 0.15) is 5.70 Å². The number of hydrogen-bond acceptors (Lipinski definition) is 3. The summed E-state index contributed by atoms with van der Waals surface area (Å²) in [7, 11) is 0. The number of piperidine rings is 1. The predicted molar refractivity (Wildman–Crippen MR) is 116 cm³/mol. The lowest BCUT2D eigenvalue weighted by Gasteiger charge is -2.37. The number of anilines is 1. The van der Waals surface area contributed by atoms with Crippen LogP contribution in [0.25, 0.3) is 5.57 Å². The van der Waals surface area contributed by atoms with Crippen LogP contribution in [0.4, 0.5) is 5.69 Å². The minimum atomic E-state index is -0.231. The highest BCUT2D eigenvalue weighted by Crippen LogP contribution is 2.37. The fourth-order valence-corrected chi connectivity index (χ4v) is 4.64. The van der Waals surface area contributed by atoms with Gasteiger partial charge in [0.05, 0.1) is 11.3 Å². The lowest BCUT2D eigenvalue weighted by molar-refractivity contribution is -0.120. The maximum absolute atomic E-state index is 13.6. The van der Waals surface area contributed by atoms with E-state index in [2.05, 4.69) is 18.7 Å². The van der Waals surface area contributed by atoms with Gasteiger partial charge < -0.3 is 4.90 Å². The first kappa shape index (κ1) is 19.4. The molecule has 150 valence electrons. The van der Waals surface area contributed by atoms with Gasteiger partial charge in [-0.3, -0.25) is 9.59 Å². The van der Waals surface area contributed by atoms with Crippen molar-refractivity contribution in [2.75, 3.05) is 18.0 Å². The normalized spacial score (nSPS) is 22.6. The van der Waals surface area contributed by atoms with E-state index >= 15 is 0 Å². The van der Waals surface area contributed by atoms with Gasteiger partial charge in [-0.05, 0) is 55.4 Å². The number of nitrogens with zero attached hydrogens (tertiary/aromatic N) is 2. The van der Waals surface area contributed by atoms with Crippen molar-refractivity contribution in [1.29, 1.82) is 0 Å². The molecule has 0 bridgehead atoms. The quantitative estimate of drug-likeness (QED) is 0.724. The largest absolute Gasteiger partial charge is 0.366 e. The number of rotatable bonds is 3. The van der Waals surface area contributed by atoms with Gasteiger partial charge in [-0.25, -0.2) is 4.90 Å². The Hall–Kier alpha value is -2.88. The van der Waals surface area contributed by atoms with Gasteiger partial charge in [0.25, 0.3) is 11.8 Å². The Morgan fingerprint density at radius 3 is 2.10 bits per heavy atom. The van der Waals surface area contributed by atoms with E-state index in [0.29, 0.717) is 28.8 Å². The van der Waals surface area contributed by atoms with E-state index in [9.17, 15) is 9.59 Å². The molecule has 0 aliphatic carbocycles. The Bertz CT molecular complexity index is 980. The highest BCUT2D eigenvalue weighted by molar-refractivity contribution is 6.45. The molecule has 0 N–H and O–H groups in total.